The van der Waals surface area contributed by atoms with Gasteiger partial charge >= 0.3 is 306 Å². The summed E-state index contributed by atoms with van der Waals surface area (Å²) in [5, 5.41) is 45.5. The molecule has 0 spiro atoms. The van der Waals surface area contributed by atoms with Crippen molar-refractivity contribution in [1.82, 2.24) is 0 Å². The van der Waals surface area contributed by atoms with E-state index in [0.717, 1.165) is 38.2 Å². The maximum absolute atomic E-state index is 11.0. The van der Waals surface area contributed by atoms with E-state index in [1.165, 1.54) is 12.1 Å². The molecule has 0 heterocycles. The first-order valence-corrected chi connectivity index (χ1v) is 19.6. The van der Waals surface area contributed by atoms with Crippen LogP contribution in [0.3, 0.4) is 0 Å². The van der Waals surface area contributed by atoms with Crippen LogP contribution >= 0.6 is 6.83 Å². The monoisotopic (exact) mass is 704 g/mol. The second-order valence-corrected chi connectivity index (χ2v) is 17.8. The Morgan fingerprint density at radius 1 is 0.442 bits per heavy atom. The van der Waals surface area contributed by atoms with Crippen LogP contribution in [0.5, 0.6) is 28.7 Å². The number of benzene rings is 7. The normalized spacial score (nSPS) is 12.1. The Labute approximate surface area is 304 Å². The van der Waals surface area contributed by atoms with Crippen LogP contribution in [0, 0.1) is 6.92 Å². The summed E-state index contributed by atoms with van der Waals surface area (Å²) < 4.78 is 8.21. The third-order valence-electron chi connectivity index (χ3n) is 9.81. The summed E-state index contributed by atoms with van der Waals surface area (Å²) in [5.74, 6) is 0.587. The molecule has 0 aromatic heterocycles. The molecule has 0 saturated carbocycles. The van der Waals surface area contributed by atoms with Gasteiger partial charge in [0, 0.05) is 0 Å². The first kappa shape index (κ1) is 34.4. The van der Waals surface area contributed by atoms with Crippen LogP contribution in [0.15, 0.2) is 170 Å². The molecule has 4 N–H and O–H groups in total. The van der Waals surface area contributed by atoms with Crippen LogP contribution in [-0.2, 0) is 19.0 Å². The summed E-state index contributed by atoms with van der Waals surface area (Å²) in [6.07, 6.45) is 1.17. The molecule has 0 unspecified atom stereocenters. The quantitative estimate of drug-likeness (QED) is 0.101. The van der Waals surface area contributed by atoms with Crippen molar-refractivity contribution in [1.29, 1.82) is 0 Å². The van der Waals surface area contributed by atoms with E-state index in [0.29, 0.717) is 35.9 Å². The van der Waals surface area contributed by atoms with E-state index in [-0.39, 0.29) is 23.0 Å². The van der Waals surface area contributed by atoms with Gasteiger partial charge in [0.25, 0.3) is 0 Å². The zero-order chi connectivity index (χ0) is 36.2. The summed E-state index contributed by atoms with van der Waals surface area (Å²) in [5.41, 5.74) is 5.05. The molecule has 0 aliphatic carbocycles. The second kappa shape index (κ2) is 14.3. The summed E-state index contributed by atoms with van der Waals surface area (Å²) in [7, 11) is 0. The molecule has 0 bridgehead atoms. The fraction of sp³-hybridized carbons (Fsp3) is 0.0870. The van der Waals surface area contributed by atoms with Gasteiger partial charge in [-0.1, -0.05) is 0 Å². The van der Waals surface area contributed by atoms with Gasteiger partial charge in [0.1, 0.15) is 0 Å². The van der Waals surface area contributed by atoms with Gasteiger partial charge in [0.2, 0.25) is 0 Å². The average molecular weight is 705 g/mol. The van der Waals surface area contributed by atoms with Crippen LogP contribution in [0.25, 0.3) is 0 Å². The molecule has 6 heteroatoms. The summed E-state index contributed by atoms with van der Waals surface area (Å²) in [6, 6.07) is 55.5. The Morgan fingerprint density at radius 3 is 1.21 bits per heavy atom. The first-order chi connectivity index (χ1) is 25.2. The van der Waals surface area contributed by atoms with E-state index < -0.39 is 6.83 Å². The van der Waals surface area contributed by atoms with Gasteiger partial charge < -0.3 is 0 Å². The molecular weight excluding hydrogens is 663 g/mol. The second-order valence-electron chi connectivity index (χ2n) is 13.3. The van der Waals surface area contributed by atoms with Crippen molar-refractivity contribution in [3.63, 3.8) is 0 Å². The van der Waals surface area contributed by atoms with Gasteiger partial charge in [-0.25, -0.2) is 0 Å². The predicted molar refractivity (Wildman–Crippen MR) is 212 cm³/mol. The van der Waals surface area contributed by atoms with Crippen molar-refractivity contribution in [2.45, 2.75) is 25.9 Å². The fourth-order valence-corrected chi connectivity index (χ4v) is 13.2. The Kier molecular flexibility index (Phi) is 9.47. The van der Waals surface area contributed by atoms with Gasteiger partial charge in [0.15, 0.2) is 0 Å². The number of hydrogen-bond acceptors (Lipinski definition) is 5. The van der Waals surface area contributed by atoms with Crippen molar-refractivity contribution in [3.05, 3.63) is 203 Å². The summed E-state index contributed by atoms with van der Waals surface area (Å²) in [4.78, 5) is 0. The fourth-order valence-electron chi connectivity index (χ4n) is 7.40. The third kappa shape index (κ3) is 6.48. The zero-order valence-electron chi connectivity index (χ0n) is 28.9. The van der Waals surface area contributed by atoms with Gasteiger partial charge in [-0.3, -0.25) is 0 Å². The summed E-state index contributed by atoms with van der Waals surface area (Å²) >= 11 is 0. The number of phenolic OH excluding ortho intramolecular Hbond substituents is 4. The zero-order valence-corrected chi connectivity index (χ0v) is 29.8. The van der Waals surface area contributed by atoms with E-state index in [1.807, 2.05) is 31.2 Å². The van der Waals surface area contributed by atoms with Crippen molar-refractivity contribution in [2.24, 2.45) is 0 Å². The standard InChI is InChI=1S/C46H41O5P/c1-33-26-37(28-35-22-24-39(47)30-44(35)49)46(38(27-33)29-36-23-25-40(48)31-45(36)50)51-52(41-16-8-3-9-17-41,42-18-10-4-11-19-42,43-20-12-5-13-21-43)32-34-14-6-2-7-15-34/h2-27,30-31,47-50H,28-29,32H2,1H3. The van der Waals surface area contributed by atoms with E-state index in [1.54, 1.807) is 24.3 Å². The van der Waals surface area contributed by atoms with E-state index in [9.17, 15) is 20.4 Å². The van der Waals surface area contributed by atoms with Gasteiger partial charge in [-0.2, -0.15) is 0 Å². The molecule has 7 aromatic rings. The number of phenols is 4. The Bertz CT molecular complexity index is 2140. The van der Waals surface area contributed by atoms with Crippen LogP contribution in [0.4, 0.5) is 0 Å². The van der Waals surface area contributed by atoms with Crippen molar-refractivity contribution < 1.29 is 24.9 Å². The Hall–Kier alpha value is -6.03. The maximum atomic E-state index is 11.0. The number of aryl methyl sites for hydroxylation is 1. The molecule has 0 aliphatic rings. The van der Waals surface area contributed by atoms with E-state index >= 15 is 0 Å². The summed E-state index contributed by atoms with van der Waals surface area (Å²) in [6.45, 7) is -2.04. The molecular formula is C46H41O5P. The number of rotatable bonds is 11. The van der Waals surface area contributed by atoms with Gasteiger partial charge in [0.05, 0.1) is 0 Å². The first-order valence-electron chi connectivity index (χ1n) is 17.3. The molecule has 7 rings (SSSR count). The van der Waals surface area contributed by atoms with Crippen molar-refractivity contribution in [2.75, 3.05) is 0 Å². The topological polar surface area (TPSA) is 90.2 Å². The predicted octanol–water partition coefficient (Wildman–Crippen LogP) is 9.02. The molecule has 0 saturated heterocycles. The molecule has 0 atom stereocenters. The molecule has 260 valence electrons. The minimum atomic E-state index is -4.07. The number of hydrogen-bond donors (Lipinski definition) is 4. The molecule has 0 fully saturated rings. The third-order valence-corrected chi connectivity index (χ3v) is 15.5. The van der Waals surface area contributed by atoms with Crippen molar-refractivity contribution >= 4 is 22.7 Å². The SMILES string of the molecule is Cc1cc(Cc2ccc(O)cc2O)c(OP(Cc2ccccc2)(c2ccccc2)(c2ccccc2)c2ccccc2)c(Cc2ccc(O)cc2O)c1. The Balaban J connectivity index is 1.60. The van der Waals surface area contributed by atoms with Gasteiger partial charge in [-0.05, 0) is 0 Å². The molecule has 7 aromatic carbocycles. The van der Waals surface area contributed by atoms with Crippen LogP contribution in [-0.4, -0.2) is 20.4 Å². The van der Waals surface area contributed by atoms with E-state index in [4.69, 9.17) is 4.52 Å². The minimum absolute atomic E-state index is 0.0128. The molecule has 0 amide bonds. The van der Waals surface area contributed by atoms with Crippen LogP contribution in [0.1, 0.15) is 33.4 Å². The van der Waals surface area contributed by atoms with E-state index in [2.05, 4.69) is 109 Å². The van der Waals surface area contributed by atoms with Crippen LogP contribution in [0.2, 0.25) is 0 Å². The molecule has 0 radical (unpaired) electrons. The molecule has 52 heavy (non-hydrogen) atoms. The van der Waals surface area contributed by atoms with Gasteiger partial charge in [-0.15, -0.1) is 0 Å². The molecule has 5 nitrogen and oxygen atoms in total. The van der Waals surface area contributed by atoms with Crippen molar-refractivity contribution in [3.8, 4) is 28.7 Å². The van der Waals surface area contributed by atoms with Crippen LogP contribution < -0.4 is 20.4 Å². The Morgan fingerprint density at radius 2 is 0.827 bits per heavy atom. The molecule has 0 aliphatic heterocycles. The number of aromatic hydroxyl groups is 4. The average Bonchev–Trinajstić information content (AvgIpc) is 3.16.